The summed E-state index contributed by atoms with van der Waals surface area (Å²) in [6.07, 6.45) is 0. The molecule has 132 valence electrons. The molecule has 0 unspecified atom stereocenters. The smallest absolute Gasteiger partial charge is 0.339 e. The van der Waals surface area contributed by atoms with Crippen molar-refractivity contribution in [3.8, 4) is 11.5 Å². The molecule has 25 heavy (non-hydrogen) atoms. The normalized spacial score (nSPS) is 11.0. The summed E-state index contributed by atoms with van der Waals surface area (Å²) in [4.78, 5) is 21.5. The minimum Gasteiger partial charge on any atom is -0.497 e. The maximum Gasteiger partial charge on any atom is 0.339 e. The first-order valence-electron chi connectivity index (χ1n) is 7.04. The lowest BCUT2D eigenvalue weighted by Crippen LogP contribution is -2.13. The Labute approximate surface area is 144 Å². The highest BCUT2D eigenvalue weighted by atomic mass is 32.2. The quantitative estimate of drug-likeness (QED) is 0.335. The Morgan fingerprint density at radius 1 is 1.16 bits per heavy atom. The van der Waals surface area contributed by atoms with Crippen molar-refractivity contribution >= 4 is 21.6 Å². The van der Waals surface area contributed by atoms with Crippen molar-refractivity contribution in [1.29, 1.82) is 0 Å². The van der Waals surface area contributed by atoms with Gasteiger partial charge in [0.05, 0.1) is 17.6 Å². The summed E-state index contributed by atoms with van der Waals surface area (Å²) in [5.74, 6) is -0.313. The van der Waals surface area contributed by atoms with Crippen LogP contribution in [0.25, 0.3) is 0 Å². The van der Waals surface area contributed by atoms with Gasteiger partial charge in [0, 0.05) is 18.2 Å². The minimum atomic E-state index is -4.39. The number of hydrogen-bond donors (Lipinski definition) is 0. The van der Waals surface area contributed by atoms with Crippen molar-refractivity contribution in [2.75, 3.05) is 7.11 Å². The lowest BCUT2D eigenvalue weighted by molar-refractivity contribution is -0.385. The van der Waals surface area contributed by atoms with E-state index in [2.05, 4.69) is 0 Å². The summed E-state index contributed by atoms with van der Waals surface area (Å²) in [5, 5.41) is 10.9. The number of nitrogens with zero attached hydrogens (tertiary/aromatic N) is 1. The summed E-state index contributed by atoms with van der Waals surface area (Å²) >= 11 is 0. The van der Waals surface area contributed by atoms with Crippen molar-refractivity contribution in [1.82, 2.24) is 0 Å². The first kappa shape index (κ1) is 18.4. The molecule has 0 radical (unpaired) electrons. The van der Waals surface area contributed by atoms with E-state index in [1.54, 1.807) is 0 Å². The second-order valence-electron chi connectivity index (χ2n) is 5.16. The van der Waals surface area contributed by atoms with Crippen LogP contribution < -0.4 is 8.92 Å². The van der Waals surface area contributed by atoms with Crippen molar-refractivity contribution < 1.29 is 27.1 Å². The number of benzene rings is 2. The second-order valence-corrected chi connectivity index (χ2v) is 6.68. The van der Waals surface area contributed by atoms with Crippen LogP contribution in [0.15, 0.2) is 41.3 Å². The summed E-state index contributed by atoms with van der Waals surface area (Å²) < 4.78 is 35.2. The largest absolute Gasteiger partial charge is 0.497 e. The zero-order chi connectivity index (χ0) is 18.8. The minimum absolute atomic E-state index is 0.0486. The summed E-state index contributed by atoms with van der Waals surface area (Å²) in [5.41, 5.74) is -0.0597. The van der Waals surface area contributed by atoms with E-state index in [4.69, 9.17) is 8.92 Å². The molecule has 9 heteroatoms. The van der Waals surface area contributed by atoms with E-state index in [1.807, 2.05) is 0 Å². The van der Waals surface area contributed by atoms with Gasteiger partial charge in [0.25, 0.3) is 5.69 Å². The topological polar surface area (TPSA) is 113 Å². The molecule has 0 aliphatic heterocycles. The molecule has 0 aliphatic carbocycles. The number of rotatable bonds is 6. The van der Waals surface area contributed by atoms with E-state index in [0.717, 1.165) is 6.07 Å². The Morgan fingerprint density at radius 2 is 1.84 bits per heavy atom. The standard InChI is InChI=1S/C16H15NO7S/c1-10-4-5-12(17(19)20)8-16(10)25(21,22)24-15-9-13(23-3)6-7-14(15)11(2)18/h4-9H,1-3H3. The first-order valence-corrected chi connectivity index (χ1v) is 8.45. The van der Waals surface area contributed by atoms with Gasteiger partial charge in [-0.05, 0) is 31.5 Å². The van der Waals surface area contributed by atoms with Crippen molar-refractivity contribution in [2.24, 2.45) is 0 Å². The van der Waals surface area contributed by atoms with Gasteiger partial charge in [-0.2, -0.15) is 8.42 Å². The fourth-order valence-corrected chi connectivity index (χ4v) is 3.32. The third kappa shape index (κ3) is 3.94. The molecule has 0 amide bonds. The summed E-state index contributed by atoms with van der Waals surface area (Å²) in [7, 11) is -3.01. The molecule has 0 bridgehead atoms. The van der Waals surface area contributed by atoms with Crippen LogP contribution in [0.3, 0.4) is 0 Å². The summed E-state index contributed by atoms with van der Waals surface area (Å²) in [6.45, 7) is 2.75. The van der Waals surface area contributed by atoms with E-state index >= 15 is 0 Å². The zero-order valence-corrected chi connectivity index (χ0v) is 14.5. The molecule has 0 saturated heterocycles. The van der Waals surface area contributed by atoms with E-state index in [0.29, 0.717) is 5.75 Å². The van der Waals surface area contributed by atoms with Crippen molar-refractivity contribution in [3.05, 3.63) is 57.6 Å². The highest BCUT2D eigenvalue weighted by Gasteiger charge is 2.25. The highest BCUT2D eigenvalue weighted by Crippen LogP contribution is 2.30. The van der Waals surface area contributed by atoms with Crippen LogP contribution in [-0.4, -0.2) is 26.2 Å². The van der Waals surface area contributed by atoms with Gasteiger partial charge in [-0.3, -0.25) is 14.9 Å². The molecule has 0 N–H and O–H groups in total. The zero-order valence-electron chi connectivity index (χ0n) is 13.7. The van der Waals surface area contributed by atoms with E-state index in [1.165, 1.54) is 51.3 Å². The lowest BCUT2D eigenvalue weighted by Gasteiger charge is -2.12. The predicted molar refractivity (Wildman–Crippen MR) is 88.6 cm³/mol. The third-order valence-corrected chi connectivity index (χ3v) is 4.80. The Morgan fingerprint density at radius 3 is 2.40 bits per heavy atom. The molecule has 2 aromatic carbocycles. The van der Waals surface area contributed by atoms with Gasteiger partial charge in [-0.15, -0.1) is 0 Å². The van der Waals surface area contributed by atoms with Crippen LogP contribution in [0.5, 0.6) is 11.5 Å². The average molecular weight is 365 g/mol. The molecule has 0 saturated carbocycles. The molecule has 2 aromatic rings. The van der Waals surface area contributed by atoms with Gasteiger partial charge in [0.15, 0.2) is 11.5 Å². The number of carbonyl (C=O) groups is 1. The van der Waals surface area contributed by atoms with E-state index in [-0.39, 0.29) is 27.5 Å². The van der Waals surface area contributed by atoms with E-state index < -0.39 is 20.8 Å². The second kappa shape index (κ2) is 6.89. The number of nitro benzene ring substituents is 1. The van der Waals surface area contributed by atoms with Gasteiger partial charge in [0.2, 0.25) is 0 Å². The molecule has 0 spiro atoms. The average Bonchev–Trinajstić information content (AvgIpc) is 2.54. The Bertz CT molecular complexity index is 951. The van der Waals surface area contributed by atoms with Gasteiger partial charge in [0.1, 0.15) is 10.6 Å². The van der Waals surface area contributed by atoms with Gasteiger partial charge >= 0.3 is 10.1 Å². The van der Waals surface area contributed by atoms with Crippen molar-refractivity contribution in [3.63, 3.8) is 0 Å². The van der Waals surface area contributed by atoms with Crippen molar-refractivity contribution in [2.45, 2.75) is 18.7 Å². The van der Waals surface area contributed by atoms with Gasteiger partial charge < -0.3 is 8.92 Å². The lowest BCUT2D eigenvalue weighted by atomic mass is 10.1. The molecule has 0 atom stereocenters. The Kier molecular flexibility index (Phi) is 5.07. The fraction of sp³-hybridized carbons (Fsp3) is 0.188. The number of ketones is 1. The number of Topliss-reactive ketones (excluding diaryl/α,β-unsaturated/α-hetero) is 1. The first-order chi connectivity index (χ1) is 11.7. The molecule has 2 rings (SSSR count). The maximum atomic E-state index is 12.6. The van der Waals surface area contributed by atoms with Gasteiger partial charge in [-0.25, -0.2) is 0 Å². The number of aryl methyl sites for hydroxylation is 1. The summed E-state index contributed by atoms with van der Waals surface area (Å²) in [6, 6.07) is 7.56. The molecule has 0 heterocycles. The number of carbonyl (C=O) groups excluding carboxylic acids is 1. The SMILES string of the molecule is COc1ccc(C(C)=O)c(OS(=O)(=O)c2cc([N+](=O)[O-])ccc2C)c1. The van der Waals surface area contributed by atoms with Crippen LogP contribution in [0, 0.1) is 17.0 Å². The number of hydrogen-bond acceptors (Lipinski definition) is 7. The molecular formula is C16H15NO7S. The van der Waals surface area contributed by atoms with Crippen LogP contribution >= 0.6 is 0 Å². The fourth-order valence-electron chi connectivity index (χ4n) is 2.12. The number of ether oxygens (including phenoxy) is 1. The molecule has 8 nitrogen and oxygen atoms in total. The highest BCUT2D eigenvalue weighted by molar-refractivity contribution is 7.87. The van der Waals surface area contributed by atoms with Crippen LogP contribution in [-0.2, 0) is 10.1 Å². The molecular weight excluding hydrogens is 350 g/mol. The predicted octanol–water partition coefficient (Wildman–Crippen LogP) is 2.88. The number of methoxy groups -OCH3 is 1. The van der Waals surface area contributed by atoms with E-state index in [9.17, 15) is 23.3 Å². The Hall–Kier alpha value is -2.94. The monoisotopic (exact) mass is 365 g/mol. The molecule has 0 fully saturated rings. The van der Waals surface area contributed by atoms with Crippen LogP contribution in [0.2, 0.25) is 0 Å². The number of nitro groups is 1. The van der Waals surface area contributed by atoms with Crippen LogP contribution in [0.1, 0.15) is 22.8 Å². The maximum absolute atomic E-state index is 12.6. The number of non-ortho nitro benzene ring substituents is 1. The molecule has 0 aliphatic rings. The van der Waals surface area contributed by atoms with Crippen LogP contribution in [0.4, 0.5) is 5.69 Å². The van der Waals surface area contributed by atoms with Gasteiger partial charge in [-0.1, -0.05) is 6.07 Å². The Balaban J connectivity index is 2.55. The molecule has 0 aromatic heterocycles. The third-order valence-electron chi connectivity index (χ3n) is 3.42.